The van der Waals surface area contributed by atoms with E-state index >= 15 is 0 Å². The number of hydrogen-bond donors (Lipinski definition) is 2. The highest BCUT2D eigenvalue weighted by Crippen LogP contribution is 2.27. The summed E-state index contributed by atoms with van der Waals surface area (Å²) in [4.78, 5) is 24.1. The van der Waals surface area contributed by atoms with E-state index in [-0.39, 0.29) is 22.6 Å². The van der Waals surface area contributed by atoms with Crippen molar-refractivity contribution in [3.63, 3.8) is 0 Å². The number of nitrogens with zero attached hydrogens (tertiary/aromatic N) is 2. The molecule has 1 saturated heterocycles. The molecule has 0 bridgehead atoms. The highest BCUT2D eigenvalue weighted by molar-refractivity contribution is 8.00. The largest absolute Gasteiger partial charge is 0.497 e. The van der Waals surface area contributed by atoms with Gasteiger partial charge in [0, 0.05) is 24.1 Å². The van der Waals surface area contributed by atoms with Gasteiger partial charge in [-0.3, -0.25) is 13.9 Å². The van der Waals surface area contributed by atoms with Gasteiger partial charge in [-0.2, -0.15) is 16.9 Å². The van der Waals surface area contributed by atoms with Gasteiger partial charge in [-0.1, -0.05) is 12.1 Å². The molecule has 0 saturated carbocycles. The summed E-state index contributed by atoms with van der Waals surface area (Å²) in [5, 5.41) is 6.59. The maximum Gasteiger partial charge on any atom is 0.264 e. The normalized spacial score (nSPS) is 13.4. The van der Waals surface area contributed by atoms with E-state index in [4.69, 9.17) is 9.47 Å². The van der Waals surface area contributed by atoms with Crippen LogP contribution < -0.4 is 24.5 Å². The fourth-order valence-electron chi connectivity index (χ4n) is 3.59. The van der Waals surface area contributed by atoms with E-state index in [1.807, 2.05) is 36.0 Å². The third-order valence-electron chi connectivity index (χ3n) is 5.58. The molecule has 0 atom stereocenters. The number of rotatable bonds is 11. The first-order chi connectivity index (χ1) is 18.7. The molecule has 1 aliphatic heterocycles. The summed E-state index contributed by atoms with van der Waals surface area (Å²) in [6.07, 6.45) is 1.67. The lowest BCUT2D eigenvalue weighted by Gasteiger charge is -2.25. The van der Waals surface area contributed by atoms with Gasteiger partial charge in [0.1, 0.15) is 24.1 Å². The van der Waals surface area contributed by atoms with E-state index < -0.39 is 22.5 Å². The van der Waals surface area contributed by atoms with Crippen molar-refractivity contribution in [3.05, 3.63) is 78.4 Å². The minimum Gasteiger partial charge on any atom is -0.497 e. The maximum absolute atomic E-state index is 13.6. The van der Waals surface area contributed by atoms with Crippen LogP contribution in [0.2, 0.25) is 0 Å². The van der Waals surface area contributed by atoms with Gasteiger partial charge >= 0.3 is 0 Å². The second-order valence-electron chi connectivity index (χ2n) is 8.56. The molecule has 10 nitrogen and oxygen atoms in total. The van der Waals surface area contributed by atoms with Gasteiger partial charge in [0.2, 0.25) is 5.91 Å². The van der Waals surface area contributed by atoms with Crippen LogP contribution in [0.5, 0.6) is 11.5 Å². The summed E-state index contributed by atoms with van der Waals surface area (Å²) in [5.41, 5.74) is 3.83. The molecular weight excluding hydrogens is 540 g/mol. The third kappa shape index (κ3) is 7.52. The molecule has 1 aliphatic rings. The zero-order valence-corrected chi connectivity index (χ0v) is 23.0. The molecule has 0 spiro atoms. The lowest BCUT2D eigenvalue weighted by atomic mass is 10.2. The number of hydrazone groups is 1. The summed E-state index contributed by atoms with van der Waals surface area (Å²) in [5.74, 6) is 2.26. The van der Waals surface area contributed by atoms with E-state index in [9.17, 15) is 18.0 Å². The number of anilines is 2. The van der Waals surface area contributed by atoms with Crippen LogP contribution in [0.25, 0.3) is 0 Å². The average Bonchev–Trinajstić information content (AvgIpc) is 2.90. The van der Waals surface area contributed by atoms with Crippen LogP contribution in [-0.4, -0.2) is 57.7 Å². The Hall–Kier alpha value is -4.03. The summed E-state index contributed by atoms with van der Waals surface area (Å²) < 4.78 is 39.2. The van der Waals surface area contributed by atoms with Crippen LogP contribution in [0.4, 0.5) is 11.4 Å². The molecule has 1 heterocycles. The van der Waals surface area contributed by atoms with Gasteiger partial charge < -0.3 is 14.8 Å². The van der Waals surface area contributed by atoms with Crippen LogP contribution >= 0.6 is 11.8 Å². The number of amides is 2. The number of sulfonamides is 1. The summed E-state index contributed by atoms with van der Waals surface area (Å²) in [6, 6.07) is 19.3. The highest BCUT2D eigenvalue weighted by atomic mass is 32.2. The molecule has 12 heteroatoms. The molecule has 0 radical (unpaired) electrons. The fraction of sp³-hybridized carbons (Fsp3) is 0.222. The first-order valence-corrected chi connectivity index (χ1v) is 14.5. The Morgan fingerprint density at radius 1 is 1.05 bits per heavy atom. The van der Waals surface area contributed by atoms with Crippen molar-refractivity contribution in [2.24, 2.45) is 5.10 Å². The summed E-state index contributed by atoms with van der Waals surface area (Å²) in [6.45, 7) is 0.832. The standard InChI is InChI=1S/C27H28N4O6S2/c1-19(32)29-21-6-12-26(13-7-21)39(34,35)31(22-8-10-23(36-2)11-9-22)16-27(33)30-28-15-20-4-3-5-24(14-20)37-25-17-38-18-25/h3-15,25H,16-18H2,1-2H3,(H,29,32)(H,30,33). The second kappa shape index (κ2) is 12.7. The minimum atomic E-state index is -4.16. The van der Waals surface area contributed by atoms with Crippen molar-refractivity contribution in [2.75, 3.05) is 34.8 Å². The van der Waals surface area contributed by atoms with Crippen molar-refractivity contribution >= 4 is 51.2 Å². The molecule has 0 aromatic heterocycles. The van der Waals surface area contributed by atoms with Gasteiger partial charge in [0.15, 0.2) is 0 Å². The predicted molar refractivity (Wildman–Crippen MR) is 152 cm³/mol. The fourth-order valence-corrected chi connectivity index (χ4v) is 5.58. The first-order valence-electron chi connectivity index (χ1n) is 12.0. The maximum atomic E-state index is 13.6. The smallest absolute Gasteiger partial charge is 0.264 e. The summed E-state index contributed by atoms with van der Waals surface area (Å²) in [7, 11) is -2.66. The molecule has 0 unspecified atom stereocenters. The van der Waals surface area contributed by atoms with E-state index in [0.717, 1.165) is 27.1 Å². The van der Waals surface area contributed by atoms with Crippen molar-refractivity contribution in [1.29, 1.82) is 0 Å². The SMILES string of the molecule is COc1ccc(N(CC(=O)NN=Cc2cccc(OC3CSC3)c2)S(=O)(=O)c2ccc(NC(C)=O)cc2)cc1. The number of carbonyl (C=O) groups is 2. The Kier molecular flexibility index (Phi) is 9.10. The average molecular weight is 569 g/mol. The zero-order valence-electron chi connectivity index (χ0n) is 21.4. The molecular formula is C27H28N4O6S2. The Labute approximate surface area is 231 Å². The summed E-state index contributed by atoms with van der Waals surface area (Å²) >= 11 is 1.83. The molecule has 0 aliphatic carbocycles. The lowest BCUT2D eigenvalue weighted by Crippen LogP contribution is -2.39. The Morgan fingerprint density at radius 2 is 1.77 bits per heavy atom. The number of thioether (sulfide) groups is 1. The zero-order chi connectivity index (χ0) is 27.8. The Balaban J connectivity index is 1.50. The van der Waals surface area contributed by atoms with Crippen LogP contribution in [0.15, 0.2) is 82.8 Å². The number of ether oxygens (including phenoxy) is 2. The first kappa shape index (κ1) is 28.0. The van der Waals surface area contributed by atoms with Crippen molar-refractivity contribution in [1.82, 2.24) is 5.43 Å². The van der Waals surface area contributed by atoms with Gasteiger partial charge in [-0.15, -0.1) is 0 Å². The molecule has 2 N–H and O–H groups in total. The molecule has 4 rings (SSSR count). The van der Waals surface area contributed by atoms with E-state index in [2.05, 4.69) is 15.8 Å². The van der Waals surface area contributed by atoms with E-state index in [0.29, 0.717) is 11.4 Å². The van der Waals surface area contributed by atoms with Gasteiger partial charge in [0.05, 0.1) is 23.9 Å². The van der Waals surface area contributed by atoms with Crippen molar-refractivity contribution in [2.45, 2.75) is 17.9 Å². The second-order valence-corrected chi connectivity index (χ2v) is 11.5. The third-order valence-corrected chi connectivity index (χ3v) is 8.58. The highest BCUT2D eigenvalue weighted by Gasteiger charge is 2.27. The molecule has 2 amide bonds. The molecule has 39 heavy (non-hydrogen) atoms. The number of nitrogens with one attached hydrogen (secondary N) is 2. The Bertz CT molecular complexity index is 1440. The quantitative estimate of drug-likeness (QED) is 0.268. The van der Waals surface area contributed by atoms with E-state index in [1.165, 1.54) is 44.5 Å². The molecule has 1 fully saturated rings. The topological polar surface area (TPSA) is 126 Å². The molecule has 204 valence electrons. The van der Waals surface area contributed by atoms with Crippen LogP contribution in [-0.2, 0) is 19.6 Å². The van der Waals surface area contributed by atoms with Crippen molar-refractivity contribution < 1.29 is 27.5 Å². The van der Waals surface area contributed by atoms with Gasteiger partial charge in [-0.05, 0) is 66.2 Å². The minimum absolute atomic E-state index is 0.0506. The number of benzene rings is 3. The van der Waals surface area contributed by atoms with E-state index in [1.54, 1.807) is 24.3 Å². The predicted octanol–water partition coefficient (Wildman–Crippen LogP) is 3.49. The van der Waals surface area contributed by atoms with Gasteiger partial charge in [-0.25, -0.2) is 13.8 Å². The lowest BCUT2D eigenvalue weighted by molar-refractivity contribution is -0.119. The molecule has 3 aromatic carbocycles. The van der Waals surface area contributed by atoms with Crippen LogP contribution in [0, 0.1) is 0 Å². The number of methoxy groups -OCH3 is 1. The van der Waals surface area contributed by atoms with Gasteiger partial charge in [0.25, 0.3) is 15.9 Å². The Morgan fingerprint density at radius 3 is 2.38 bits per heavy atom. The monoisotopic (exact) mass is 568 g/mol. The van der Waals surface area contributed by atoms with Crippen LogP contribution in [0.1, 0.15) is 12.5 Å². The number of hydrogen-bond acceptors (Lipinski definition) is 8. The molecule has 3 aromatic rings. The number of carbonyl (C=O) groups excluding carboxylic acids is 2. The van der Waals surface area contributed by atoms with Crippen LogP contribution in [0.3, 0.4) is 0 Å². The van der Waals surface area contributed by atoms with Crippen molar-refractivity contribution in [3.8, 4) is 11.5 Å².